The number of fused-ring (bicyclic) bond motifs is 1. The second-order valence-corrected chi connectivity index (χ2v) is 5.91. The topological polar surface area (TPSA) is 72.3 Å². The summed E-state index contributed by atoms with van der Waals surface area (Å²) in [7, 11) is 0. The number of nitrogens with zero attached hydrogens (tertiary/aromatic N) is 3. The molecule has 3 aromatic rings. The van der Waals surface area contributed by atoms with Gasteiger partial charge in [-0.25, -0.2) is 0 Å². The number of benzene rings is 2. The smallest absolute Gasteiger partial charge is 0.296 e. The van der Waals surface area contributed by atoms with Gasteiger partial charge in [0.2, 0.25) is 4.77 Å². The van der Waals surface area contributed by atoms with E-state index in [4.69, 9.17) is 17.0 Å². The van der Waals surface area contributed by atoms with Gasteiger partial charge in [0, 0.05) is 5.56 Å². The van der Waals surface area contributed by atoms with Gasteiger partial charge in [-0.3, -0.25) is 9.89 Å². The van der Waals surface area contributed by atoms with Crippen molar-refractivity contribution in [1.82, 2.24) is 14.9 Å². The molecular formula is C18H18N4O2S. The third kappa shape index (κ3) is 3.51. The quantitative estimate of drug-likeness (QED) is 0.563. The lowest BCUT2D eigenvalue weighted by atomic mass is 10.0. The van der Waals surface area contributed by atoms with Crippen LogP contribution in [0.5, 0.6) is 5.75 Å². The van der Waals surface area contributed by atoms with Crippen molar-refractivity contribution in [2.75, 3.05) is 6.61 Å². The molecule has 0 aliphatic heterocycles. The zero-order chi connectivity index (χ0) is 17.8. The normalized spacial score (nSPS) is 11.3. The van der Waals surface area contributed by atoms with Crippen LogP contribution in [0, 0.1) is 11.7 Å². The maximum Gasteiger partial charge on any atom is 0.296 e. The second kappa shape index (κ2) is 7.40. The zero-order valence-electron chi connectivity index (χ0n) is 14.0. The molecule has 0 atom stereocenters. The summed E-state index contributed by atoms with van der Waals surface area (Å²) in [6.07, 6.45) is 2.51. The van der Waals surface area contributed by atoms with Crippen LogP contribution in [-0.2, 0) is 0 Å². The summed E-state index contributed by atoms with van der Waals surface area (Å²) in [6, 6.07) is 11.9. The number of rotatable bonds is 5. The minimum Gasteiger partial charge on any atom is -0.493 e. The highest BCUT2D eigenvalue weighted by atomic mass is 32.1. The third-order valence-corrected chi connectivity index (χ3v) is 3.97. The fraction of sp³-hybridized carbons (Fsp3) is 0.222. The third-order valence-electron chi connectivity index (χ3n) is 3.71. The number of hydrogen-bond acceptors (Lipinski definition) is 5. The molecule has 7 heteroatoms. The molecule has 0 saturated heterocycles. The van der Waals surface area contributed by atoms with E-state index in [1.54, 1.807) is 13.1 Å². The Bertz CT molecular complexity index is 1050. The van der Waals surface area contributed by atoms with E-state index < -0.39 is 0 Å². The van der Waals surface area contributed by atoms with Crippen LogP contribution in [0.4, 0.5) is 0 Å². The van der Waals surface area contributed by atoms with Crippen LogP contribution in [0.3, 0.4) is 0 Å². The molecule has 1 aromatic heterocycles. The van der Waals surface area contributed by atoms with E-state index in [2.05, 4.69) is 15.3 Å². The molecule has 128 valence electrons. The van der Waals surface area contributed by atoms with Crippen LogP contribution in [0.25, 0.3) is 10.8 Å². The van der Waals surface area contributed by atoms with E-state index in [-0.39, 0.29) is 10.3 Å². The number of H-pyrrole nitrogens is 1. The Labute approximate surface area is 149 Å². The minimum absolute atomic E-state index is 0.142. The largest absolute Gasteiger partial charge is 0.493 e. The van der Waals surface area contributed by atoms with Gasteiger partial charge in [0.05, 0.1) is 12.8 Å². The molecule has 1 N–H and O–H groups in total. The Kier molecular flexibility index (Phi) is 5.04. The lowest BCUT2D eigenvalue weighted by Gasteiger charge is -2.11. The van der Waals surface area contributed by atoms with Gasteiger partial charge < -0.3 is 4.74 Å². The molecule has 0 saturated carbocycles. The average molecular weight is 354 g/mol. The van der Waals surface area contributed by atoms with Gasteiger partial charge in [0.25, 0.3) is 5.56 Å². The minimum atomic E-state index is -0.351. The van der Waals surface area contributed by atoms with Gasteiger partial charge >= 0.3 is 0 Å². The van der Waals surface area contributed by atoms with Crippen molar-refractivity contribution in [3.8, 4) is 5.75 Å². The summed E-state index contributed by atoms with van der Waals surface area (Å²) in [5, 5.41) is 12.8. The van der Waals surface area contributed by atoms with Gasteiger partial charge in [-0.1, -0.05) is 37.3 Å². The van der Waals surface area contributed by atoms with Crippen molar-refractivity contribution in [2.45, 2.75) is 20.3 Å². The van der Waals surface area contributed by atoms with Crippen LogP contribution < -0.4 is 10.3 Å². The summed E-state index contributed by atoms with van der Waals surface area (Å²) >= 11 is 5.11. The molecule has 2 aromatic carbocycles. The first-order valence-electron chi connectivity index (χ1n) is 7.99. The Morgan fingerprint density at radius 2 is 2.12 bits per heavy atom. The van der Waals surface area contributed by atoms with Crippen LogP contribution in [0.15, 0.2) is 46.3 Å². The van der Waals surface area contributed by atoms with Crippen molar-refractivity contribution >= 4 is 29.2 Å². The van der Waals surface area contributed by atoms with Crippen molar-refractivity contribution in [3.05, 3.63) is 62.8 Å². The van der Waals surface area contributed by atoms with E-state index in [1.165, 1.54) is 0 Å². The Hall–Kier alpha value is -2.80. The van der Waals surface area contributed by atoms with E-state index in [9.17, 15) is 4.79 Å². The number of aryl methyl sites for hydroxylation is 1. The number of ether oxygens (including phenoxy) is 1. The van der Waals surface area contributed by atoms with Crippen LogP contribution in [0.2, 0.25) is 0 Å². The summed E-state index contributed by atoms with van der Waals surface area (Å²) in [6.45, 7) is 4.26. The molecule has 0 spiro atoms. The molecule has 0 unspecified atom stereocenters. The van der Waals surface area contributed by atoms with E-state index in [0.29, 0.717) is 12.3 Å². The fourth-order valence-corrected chi connectivity index (χ4v) is 2.62. The lowest BCUT2D eigenvalue weighted by molar-refractivity contribution is 0.317. The average Bonchev–Trinajstić information content (AvgIpc) is 2.63. The highest BCUT2D eigenvalue weighted by Crippen LogP contribution is 2.26. The van der Waals surface area contributed by atoms with E-state index >= 15 is 0 Å². The Morgan fingerprint density at radius 1 is 1.32 bits per heavy atom. The molecule has 0 bridgehead atoms. The maximum absolute atomic E-state index is 12.2. The van der Waals surface area contributed by atoms with Gasteiger partial charge in [-0.05, 0) is 42.4 Å². The van der Waals surface area contributed by atoms with Gasteiger partial charge in [-0.15, -0.1) is 0 Å². The molecule has 0 fully saturated rings. The fourth-order valence-electron chi connectivity index (χ4n) is 2.44. The zero-order valence-corrected chi connectivity index (χ0v) is 14.8. The predicted molar refractivity (Wildman–Crippen MR) is 101 cm³/mol. The Balaban J connectivity index is 2.16. The first-order chi connectivity index (χ1) is 12.1. The molecule has 6 nitrogen and oxygen atoms in total. The summed E-state index contributed by atoms with van der Waals surface area (Å²) < 4.78 is 7.11. The molecule has 25 heavy (non-hydrogen) atoms. The van der Waals surface area contributed by atoms with Gasteiger partial charge in [-0.2, -0.15) is 14.9 Å². The molecule has 0 aliphatic carbocycles. The molecule has 3 rings (SSSR count). The first-order valence-corrected chi connectivity index (χ1v) is 8.40. The first kappa shape index (κ1) is 17.0. The number of hydrogen-bond donors (Lipinski definition) is 1. The number of aromatic nitrogens is 3. The van der Waals surface area contributed by atoms with Crippen LogP contribution >= 0.6 is 12.2 Å². The van der Waals surface area contributed by atoms with Crippen LogP contribution in [-0.4, -0.2) is 27.7 Å². The van der Waals surface area contributed by atoms with Crippen molar-refractivity contribution < 1.29 is 4.74 Å². The maximum atomic E-state index is 12.2. The number of aromatic amines is 1. The summed E-state index contributed by atoms with van der Waals surface area (Å²) in [5.41, 5.74) is 0.754. The van der Waals surface area contributed by atoms with E-state index in [0.717, 1.165) is 33.2 Å². The Morgan fingerprint density at radius 3 is 2.92 bits per heavy atom. The van der Waals surface area contributed by atoms with E-state index in [1.807, 2.05) is 43.3 Å². The molecule has 0 radical (unpaired) electrons. The molecular weight excluding hydrogens is 336 g/mol. The van der Waals surface area contributed by atoms with Crippen molar-refractivity contribution in [2.24, 2.45) is 5.10 Å². The summed E-state index contributed by atoms with van der Waals surface area (Å²) in [4.78, 5) is 12.2. The molecule has 1 heterocycles. The number of nitrogens with one attached hydrogen (secondary N) is 1. The predicted octanol–water partition coefficient (Wildman–Crippen LogP) is 3.43. The SMILES string of the molecule is CCCOc1ccc2ccccc2c1/C=N\n1c(=S)[nH]nc(C)c1=O. The second-order valence-electron chi connectivity index (χ2n) is 5.52. The lowest BCUT2D eigenvalue weighted by Crippen LogP contribution is -2.22. The highest BCUT2D eigenvalue weighted by molar-refractivity contribution is 7.71. The van der Waals surface area contributed by atoms with Gasteiger partial charge in [0.15, 0.2) is 0 Å². The van der Waals surface area contributed by atoms with Gasteiger partial charge in [0.1, 0.15) is 11.4 Å². The highest BCUT2D eigenvalue weighted by Gasteiger charge is 2.08. The molecule has 0 amide bonds. The summed E-state index contributed by atoms with van der Waals surface area (Å²) in [5.74, 6) is 0.720. The van der Waals surface area contributed by atoms with Crippen molar-refractivity contribution in [1.29, 1.82) is 0 Å². The molecule has 0 aliphatic rings. The van der Waals surface area contributed by atoms with Crippen molar-refractivity contribution in [3.63, 3.8) is 0 Å². The monoisotopic (exact) mass is 354 g/mol. The van der Waals surface area contributed by atoms with Crippen LogP contribution in [0.1, 0.15) is 24.6 Å². The standard InChI is InChI=1S/C18H18N4O2S/c1-3-10-24-16-9-8-13-6-4-5-7-14(13)15(16)11-19-22-17(23)12(2)20-21-18(22)25/h4-9,11H,3,10H2,1-2H3,(H,21,25)/b19-11-.